The number of nitrogens with zero attached hydrogens (tertiary/aromatic N) is 3. The van der Waals surface area contributed by atoms with Gasteiger partial charge in [-0.1, -0.05) is 36.0 Å². The molecule has 7 nitrogen and oxygen atoms in total. The molecular formula is C21H18N4O3S. The van der Waals surface area contributed by atoms with E-state index in [0.717, 1.165) is 22.1 Å². The third-order valence-corrected chi connectivity index (χ3v) is 5.64. The molecule has 0 fully saturated rings. The van der Waals surface area contributed by atoms with Crippen molar-refractivity contribution < 1.29 is 14.7 Å². The molecule has 0 radical (unpaired) electrons. The fraction of sp³-hybridized carbons (Fsp3) is 0.143. The van der Waals surface area contributed by atoms with E-state index in [1.165, 1.54) is 23.9 Å². The zero-order valence-corrected chi connectivity index (χ0v) is 16.6. The zero-order valence-electron chi connectivity index (χ0n) is 15.8. The molecule has 8 heteroatoms. The molecule has 4 aromatic rings. The Morgan fingerprint density at radius 1 is 1.10 bits per heavy atom. The van der Waals surface area contributed by atoms with E-state index in [1.807, 2.05) is 41.7 Å². The number of nitrogens with one attached hydrogen (secondary N) is 1. The van der Waals surface area contributed by atoms with Crippen LogP contribution in [0.2, 0.25) is 0 Å². The summed E-state index contributed by atoms with van der Waals surface area (Å²) in [6.07, 6.45) is 0. The fourth-order valence-corrected chi connectivity index (χ4v) is 4.00. The molecule has 1 atom stereocenters. The molecule has 0 aliphatic carbocycles. The minimum Gasteiger partial charge on any atom is -0.478 e. The number of para-hydroxylation sites is 1. The number of rotatable bonds is 5. The topological polar surface area (TPSA) is 96.6 Å². The summed E-state index contributed by atoms with van der Waals surface area (Å²) in [5, 5.41) is 21.6. The van der Waals surface area contributed by atoms with Gasteiger partial charge >= 0.3 is 5.97 Å². The number of carboxylic acid groups (broad SMARTS) is 1. The largest absolute Gasteiger partial charge is 0.478 e. The summed E-state index contributed by atoms with van der Waals surface area (Å²) in [5.41, 5.74) is 3.38. The van der Waals surface area contributed by atoms with Crippen LogP contribution in [0.15, 0.2) is 59.8 Å². The second-order valence-corrected chi connectivity index (χ2v) is 7.96. The molecule has 0 bridgehead atoms. The summed E-state index contributed by atoms with van der Waals surface area (Å²) in [5.74, 6) is -1.29. The quantitative estimate of drug-likeness (QED) is 0.486. The van der Waals surface area contributed by atoms with E-state index in [0.29, 0.717) is 10.8 Å². The molecule has 29 heavy (non-hydrogen) atoms. The van der Waals surface area contributed by atoms with E-state index in [9.17, 15) is 9.59 Å². The second kappa shape index (κ2) is 7.56. The van der Waals surface area contributed by atoms with E-state index < -0.39 is 11.2 Å². The van der Waals surface area contributed by atoms with Crippen molar-refractivity contribution in [2.24, 2.45) is 0 Å². The summed E-state index contributed by atoms with van der Waals surface area (Å²) in [6.45, 7) is 3.81. The molecule has 2 aromatic heterocycles. The molecule has 0 saturated carbocycles. The monoisotopic (exact) mass is 406 g/mol. The average Bonchev–Trinajstić information content (AvgIpc) is 3.10. The Morgan fingerprint density at radius 3 is 2.69 bits per heavy atom. The Balaban J connectivity index is 1.60. The van der Waals surface area contributed by atoms with Gasteiger partial charge in [0.25, 0.3) is 0 Å². The Morgan fingerprint density at radius 2 is 1.90 bits per heavy atom. The first-order valence-electron chi connectivity index (χ1n) is 8.98. The summed E-state index contributed by atoms with van der Waals surface area (Å²) >= 11 is 1.30. The lowest BCUT2D eigenvalue weighted by Crippen LogP contribution is -2.22. The van der Waals surface area contributed by atoms with Crippen molar-refractivity contribution in [1.29, 1.82) is 0 Å². The highest BCUT2D eigenvalue weighted by Gasteiger charge is 2.20. The number of carbonyl (C=O) groups is 2. The molecule has 2 N–H and O–H groups in total. The van der Waals surface area contributed by atoms with Crippen molar-refractivity contribution in [2.45, 2.75) is 24.3 Å². The molecule has 1 unspecified atom stereocenters. The van der Waals surface area contributed by atoms with Crippen LogP contribution in [0.25, 0.3) is 16.6 Å². The normalized spacial score (nSPS) is 12.2. The van der Waals surface area contributed by atoms with E-state index in [-0.39, 0.29) is 11.5 Å². The molecule has 1 amide bonds. The first-order valence-corrected chi connectivity index (χ1v) is 9.86. The van der Waals surface area contributed by atoms with Crippen LogP contribution in [-0.2, 0) is 4.79 Å². The second-order valence-electron chi connectivity index (χ2n) is 6.66. The molecule has 146 valence electrons. The van der Waals surface area contributed by atoms with Crippen LogP contribution in [0.5, 0.6) is 0 Å². The maximum absolute atomic E-state index is 12.6. The number of carbonyl (C=O) groups excluding carboxylic acids is 1. The van der Waals surface area contributed by atoms with Crippen molar-refractivity contribution in [3.63, 3.8) is 0 Å². The molecule has 2 aromatic carbocycles. The van der Waals surface area contributed by atoms with Gasteiger partial charge in [0, 0.05) is 11.1 Å². The molecule has 4 rings (SSSR count). The Labute approximate surface area is 170 Å². The first kappa shape index (κ1) is 18.9. The number of pyridine rings is 1. The lowest BCUT2D eigenvalue weighted by molar-refractivity contribution is -0.115. The van der Waals surface area contributed by atoms with E-state index in [1.54, 1.807) is 19.1 Å². The van der Waals surface area contributed by atoms with Gasteiger partial charge in [-0.2, -0.15) is 0 Å². The summed E-state index contributed by atoms with van der Waals surface area (Å²) in [7, 11) is 0. The molecule has 0 aliphatic rings. The third kappa shape index (κ3) is 3.66. The summed E-state index contributed by atoms with van der Waals surface area (Å²) in [4.78, 5) is 23.7. The van der Waals surface area contributed by atoms with Gasteiger partial charge in [-0.3, -0.25) is 9.20 Å². The van der Waals surface area contributed by atoms with E-state index in [2.05, 4.69) is 15.5 Å². The minimum atomic E-state index is -1.04. The number of thioether (sulfide) groups is 1. The van der Waals surface area contributed by atoms with Crippen LogP contribution >= 0.6 is 11.8 Å². The number of aromatic carboxylic acids is 1. The molecular weight excluding hydrogens is 388 g/mol. The SMILES string of the molecule is Cc1cc2nnc(SC(C)C(=O)Nc3cccc(C(=O)O)c3)n2c2ccccc12. The number of benzene rings is 2. The number of carboxylic acids is 1. The molecule has 2 heterocycles. The predicted molar refractivity (Wildman–Crippen MR) is 113 cm³/mol. The van der Waals surface area contributed by atoms with Crippen molar-refractivity contribution in [1.82, 2.24) is 14.6 Å². The lowest BCUT2D eigenvalue weighted by atomic mass is 10.1. The number of fused-ring (bicyclic) bond motifs is 3. The number of amides is 1. The van der Waals surface area contributed by atoms with Gasteiger partial charge in [0.15, 0.2) is 10.8 Å². The van der Waals surface area contributed by atoms with Crippen LogP contribution < -0.4 is 5.32 Å². The Bertz CT molecular complexity index is 1250. The molecule has 0 spiro atoms. The summed E-state index contributed by atoms with van der Waals surface area (Å²) in [6, 6.07) is 16.1. The summed E-state index contributed by atoms with van der Waals surface area (Å²) < 4.78 is 1.95. The average molecular weight is 406 g/mol. The van der Waals surface area contributed by atoms with Crippen LogP contribution in [0.4, 0.5) is 5.69 Å². The van der Waals surface area contributed by atoms with Gasteiger partial charge in [0.2, 0.25) is 5.91 Å². The van der Waals surface area contributed by atoms with Gasteiger partial charge < -0.3 is 10.4 Å². The first-order chi connectivity index (χ1) is 13.9. The molecule has 0 saturated heterocycles. The fourth-order valence-electron chi connectivity index (χ4n) is 3.14. The number of anilines is 1. The third-order valence-electron chi connectivity index (χ3n) is 4.60. The number of aryl methyl sites for hydroxylation is 1. The standard InChI is InChI=1S/C21H18N4O3S/c1-12-10-18-23-24-21(25(18)17-9-4-3-8-16(12)17)29-13(2)19(26)22-15-7-5-6-14(11-15)20(27)28/h3-11,13H,1-2H3,(H,22,26)(H,27,28). The van der Waals surface area contributed by atoms with Gasteiger partial charge in [0.05, 0.1) is 16.3 Å². The van der Waals surface area contributed by atoms with Crippen LogP contribution in [0.3, 0.4) is 0 Å². The minimum absolute atomic E-state index is 0.119. The Kier molecular flexibility index (Phi) is 4.94. The maximum atomic E-state index is 12.6. The van der Waals surface area contributed by atoms with Gasteiger partial charge in [-0.25, -0.2) is 4.79 Å². The van der Waals surface area contributed by atoms with Crippen molar-refractivity contribution in [2.75, 3.05) is 5.32 Å². The van der Waals surface area contributed by atoms with Crippen LogP contribution in [-0.4, -0.2) is 36.8 Å². The van der Waals surface area contributed by atoms with Gasteiger partial charge in [-0.15, -0.1) is 10.2 Å². The smallest absolute Gasteiger partial charge is 0.335 e. The van der Waals surface area contributed by atoms with Crippen molar-refractivity contribution in [3.8, 4) is 0 Å². The van der Waals surface area contributed by atoms with Crippen LogP contribution in [0.1, 0.15) is 22.8 Å². The highest BCUT2D eigenvalue weighted by Crippen LogP contribution is 2.28. The molecule has 0 aliphatic heterocycles. The van der Waals surface area contributed by atoms with Crippen LogP contribution in [0, 0.1) is 6.92 Å². The van der Waals surface area contributed by atoms with Crippen molar-refractivity contribution in [3.05, 3.63) is 65.7 Å². The highest BCUT2D eigenvalue weighted by molar-refractivity contribution is 8.00. The lowest BCUT2D eigenvalue weighted by Gasteiger charge is -2.12. The number of hydrogen-bond acceptors (Lipinski definition) is 5. The predicted octanol–water partition coefficient (Wildman–Crippen LogP) is 4.01. The number of hydrogen-bond donors (Lipinski definition) is 2. The number of aromatic nitrogens is 3. The van der Waals surface area contributed by atoms with E-state index >= 15 is 0 Å². The Hall–Kier alpha value is -3.39. The van der Waals surface area contributed by atoms with Gasteiger partial charge in [-0.05, 0) is 49.7 Å². The van der Waals surface area contributed by atoms with Gasteiger partial charge in [0.1, 0.15) is 0 Å². The highest BCUT2D eigenvalue weighted by atomic mass is 32.2. The maximum Gasteiger partial charge on any atom is 0.335 e. The zero-order chi connectivity index (χ0) is 20.5. The van der Waals surface area contributed by atoms with E-state index in [4.69, 9.17) is 5.11 Å². The van der Waals surface area contributed by atoms with Crippen molar-refractivity contribution >= 4 is 45.9 Å².